The standard InChI is InChI=1S/C15H17FN4O3.2C12H8N2.2ClH.Ru/c1-2-19-8-10(15(22)23)12(21)9-7-11(16)14(18-13(9)19)20-5-3-17-4-6-20;2*1-3-9-5-6-10-4-2-8-14-12(10)11(9)13-7-1;;;/h7-8,17H,2-6H2,1H3,(H,22,23);2*1-8H;2*1H;/q;;;;;+3/p-3. The molecule has 2 aromatic carbocycles. The zero-order valence-corrected chi connectivity index (χ0v) is 32.0. The van der Waals surface area contributed by atoms with Gasteiger partial charge in [0.2, 0.25) is 0 Å². The molecule has 54 heavy (non-hydrogen) atoms. The minimum Gasteiger partial charge on any atom is -1.00 e. The first kappa shape index (κ1) is 41.6. The summed E-state index contributed by atoms with van der Waals surface area (Å²) in [5, 5.41) is 18.8. The zero-order chi connectivity index (χ0) is 35.3. The fourth-order valence-electron chi connectivity index (χ4n) is 6.12. The van der Waals surface area contributed by atoms with E-state index in [9.17, 15) is 19.1 Å². The van der Waals surface area contributed by atoms with Crippen molar-refractivity contribution in [3.05, 3.63) is 131 Å². The number of hydrogen-bond donors (Lipinski definition) is 1. The molecule has 1 N–H and O–H groups in total. The van der Waals surface area contributed by atoms with Gasteiger partial charge < -0.3 is 49.5 Å². The van der Waals surface area contributed by atoms with Crippen LogP contribution in [-0.4, -0.2) is 61.6 Å². The Labute approximate surface area is 334 Å². The van der Waals surface area contributed by atoms with Gasteiger partial charge in [-0.25, -0.2) is 9.37 Å². The van der Waals surface area contributed by atoms with E-state index in [1.807, 2.05) is 29.2 Å². The summed E-state index contributed by atoms with van der Waals surface area (Å²) < 4.78 is 15.9. The second kappa shape index (κ2) is 18.7. The van der Waals surface area contributed by atoms with Gasteiger partial charge in [-0.2, -0.15) is 0 Å². The van der Waals surface area contributed by atoms with Crippen molar-refractivity contribution < 1.29 is 58.6 Å². The van der Waals surface area contributed by atoms with Gasteiger partial charge in [-0.05, 0) is 37.3 Å². The van der Waals surface area contributed by atoms with Crippen LogP contribution in [0.15, 0.2) is 115 Å². The summed E-state index contributed by atoms with van der Waals surface area (Å²) in [4.78, 5) is 46.8. The van der Waals surface area contributed by atoms with Crippen LogP contribution in [0.5, 0.6) is 0 Å². The van der Waals surface area contributed by atoms with Crippen LogP contribution >= 0.6 is 0 Å². The van der Waals surface area contributed by atoms with Crippen LogP contribution in [0.4, 0.5) is 10.2 Å². The SMILES string of the molecule is CCn1cc(C(=O)[O-])c(=O)c2cc(F)c(N3CCNCC3)nc21.[Cl-].[Cl-].[Ru+3].c1cnc2c(c1)ccc1cccnc12.c1cnc2c(c1)ccc1cccnc12. The first-order valence-corrected chi connectivity index (χ1v) is 16.5. The van der Waals surface area contributed by atoms with Crippen molar-refractivity contribution in [3.8, 4) is 0 Å². The van der Waals surface area contributed by atoms with Crippen molar-refractivity contribution in [1.82, 2.24) is 34.8 Å². The van der Waals surface area contributed by atoms with Gasteiger partial charge in [0.05, 0.1) is 39.0 Å². The van der Waals surface area contributed by atoms with Gasteiger partial charge in [0.1, 0.15) is 5.65 Å². The fourth-order valence-corrected chi connectivity index (χ4v) is 6.12. The number of halogens is 3. The van der Waals surface area contributed by atoms with E-state index >= 15 is 0 Å². The van der Waals surface area contributed by atoms with E-state index in [2.05, 4.69) is 78.8 Å². The number of aryl methyl sites for hydroxylation is 1. The van der Waals surface area contributed by atoms with E-state index in [1.165, 1.54) is 10.8 Å². The molecule has 275 valence electrons. The maximum Gasteiger partial charge on any atom is 3.00 e. The summed E-state index contributed by atoms with van der Waals surface area (Å²) >= 11 is 0. The molecule has 1 aliphatic rings. The number of carboxylic acid groups (broad SMARTS) is 1. The zero-order valence-electron chi connectivity index (χ0n) is 28.8. The second-order valence-electron chi connectivity index (χ2n) is 11.8. The number of nitrogens with zero attached hydrogens (tertiary/aromatic N) is 7. The van der Waals surface area contributed by atoms with E-state index in [4.69, 9.17) is 0 Å². The van der Waals surface area contributed by atoms with Crippen molar-refractivity contribution >= 4 is 66.4 Å². The van der Waals surface area contributed by atoms with Crippen molar-refractivity contribution in [2.24, 2.45) is 0 Å². The number of carbonyl (C=O) groups excluding carboxylic acids is 1. The molecule has 1 radical (unpaired) electrons. The maximum atomic E-state index is 14.4. The van der Waals surface area contributed by atoms with E-state index < -0.39 is 22.8 Å². The molecule has 7 heterocycles. The first-order chi connectivity index (χ1) is 24.9. The third kappa shape index (κ3) is 8.61. The third-order valence-electron chi connectivity index (χ3n) is 8.65. The molecule has 0 bridgehead atoms. The number of piperazine rings is 1. The number of aromatic carboxylic acids is 1. The molecular formula is C39H32Cl2FN8O3Ru. The normalized spacial score (nSPS) is 12.1. The van der Waals surface area contributed by atoms with Crippen LogP contribution in [0.2, 0.25) is 0 Å². The van der Waals surface area contributed by atoms with Crippen molar-refractivity contribution in [2.75, 3.05) is 31.1 Å². The van der Waals surface area contributed by atoms with Gasteiger partial charge in [0.15, 0.2) is 17.1 Å². The van der Waals surface area contributed by atoms with Crippen molar-refractivity contribution in [3.63, 3.8) is 0 Å². The number of benzene rings is 2. The van der Waals surface area contributed by atoms with E-state index in [0.717, 1.165) is 62.8 Å². The molecule has 0 saturated carbocycles. The van der Waals surface area contributed by atoms with Gasteiger partial charge in [0.25, 0.3) is 0 Å². The smallest absolute Gasteiger partial charge is 1.00 e. The monoisotopic (exact) mass is 851 g/mol. The summed E-state index contributed by atoms with van der Waals surface area (Å²) in [7, 11) is 0. The number of rotatable bonds is 3. The number of pyridine rings is 6. The van der Waals surface area contributed by atoms with E-state index in [-0.39, 0.29) is 61.1 Å². The number of aromatic nitrogens is 6. The quantitative estimate of drug-likeness (QED) is 0.172. The van der Waals surface area contributed by atoms with Crippen LogP contribution < -0.4 is 45.6 Å². The Hall–Kier alpha value is -5.20. The van der Waals surface area contributed by atoms with Gasteiger partial charge >= 0.3 is 19.5 Å². The minimum atomic E-state index is -1.58. The van der Waals surface area contributed by atoms with Crippen molar-refractivity contribution in [2.45, 2.75) is 13.5 Å². The molecule has 0 aliphatic carbocycles. The summed E-state index contributed by atoms with van der Waals surface area (Å²) in [6.45, 7) is 4.87. The van der Waals surface area contributed by atoms with E-state index in [1.54, 1.807) is 31.7 Å². The average Bonchev–Trinajstić information content (AvgIpc) is 3.18. The number of carbonyl (C=O) groups is 1. The largest absolute Gasteiger partial charge is 3.00 e. The summed E-state index contributed by atoms with van der Waals surface area (Å²) in [5.41, 5.74) is 2.92. The summed E-state index contributed by atoms with van der Waals surface area (Å²) in [6.07, 6.45) is 8.41. The summed E-state index contributed by atoms with van der Waals surface area (Å²) in [6, 6.07) is 25.3. The molecule has 0 atom stereocenters. The maximum absolute atomic E-state index is 14.4. The number of hydrogen-bond acceptors (Lipinski definition) is 10. The molecule has 8 aromatic rings. The van der Waals surface area contributed by atoms with E-state index in [0.29, 0.717) is 19.6 Å². The summed E-state index contributed by atoms with van der Waals surface area (Å²) in [5.74, 6) is -2.03. The number of fused-ring (bicyclic) bond motifs is 7. The Balaban J connectivity index is 0.000000183. The van der Waals surface area contributed by atoms with Gasteiger partial charge in [-0.1, -0.05) is 48.5 Å². The molecule has 0 amide bonds. The molecule has 15 heteroatoms. The topological polar surface area (TPSA) is 142 Å². The Bertz CT molecular complexity index is 2410. The Kier molecular flexibility index (Phi) is 14.4. The van der Waals surface area contributed by atoms with Crippen LogP contribution in [0, 0.1) is 5.82 Å². The molecule has 1 fully saturated rings. The molecule has 6 aromatic heterocycles. The predicted molar refractivity (Wildman–Crippen MR) is 195 cm³/mol. The molecular weight excluding hydrogens is 819 g/mol. The van der Waals surface area contributed by atoms with Crippen LogP contribution in [0.3, 0.4) is 0 Å². The van der Waals surface area contributed by atoms with Crippen molar-refractivity contribution in [1.29, 1.82) is 0 Å². The fraction of sp³-hybridized carbons (Fsp3) is 0.154. The third-order valence-corrected chi connectivity index (χ3v) is 8.65. The minimum absolute atomic E-state index is 0. The van der Waals surface area contributed by atoms with Gasteiger partial charge in [-0.15, -0.1) is 0 Å². The van der Waals surface area contributed by atoms with Crippen LogP contribution in [-0.2, 0) is 26.0 Å². The molecule has 9 rings (SSSR count). The van der Waals surface area contributed by atoms with Crippen LogP contribution in [0.1, 0.15) is 17.3 Å². The Morgan fingerprint density at radius 3 is 1.57 bits per heavy atom. The molecule has 11 nitrogen and oxygen atoms in total. The number of carboxylic acids is 1. The average molecular weight is 852 g/mol. The first-order valence-electron chi connectivity index (χ1n) is 16.5. The Morgan fingerprint density at radius 2 is 1.19 bits per heavy atom. The molecule has 0 spiro atoms. The molecule has 1 aliphatic heterocycles. The second-order valence-corrected chi connectivity index (χ2v) is 11.8. The van der Waals surface area contributed by atoms with Crippen LogP contribution in [0.25, 0.3) is 54.6 Å². The van der Waals surface area contributed by atoms with Gasteiger partial charge in [0, 0.05) is 85.3 Å². The molecule has 0 unspecified atom stereocenters. The molecule has 1 saturated heterocycles. The predicted octanol–water partition coefficient (Wildman–Crippen LogP) is -1.10. The number of anilines is 1. The Morgan fingerprint density at radius 1 is 0.759 bits per heavy atom. The van der Waals surface area contributed by atoms with Gasteiger partial charge in [-0.3, -0.25) is 24.7 Å². The number of nitrogens with one attached hydrogen (secondary N) is 1.